The maximum Gasteiger partial charge on any atom is 0.241 e. The Morgan fingerprint density at radius 2 is 1.86 bits per heavy atom. The molecule has 22 heavy (non-hydrogen) atoms. The minimum absolute atomic E-state index is 0.196. The zero-order chi connectivity index (χ0) is 15.8. The first-order valence-electron chi connectivity index (χ1n) is 7.08. The fourth-order valence-electron chi connectivity index (χ4n) is 1.88. The molecule has 0 aliphatic carbocycles. The average molecular weight is 316 g/mol. The first kappa shape index (κ1) is 16.4. The van der Waals surface area contributed by atoms with Crippen molar-refractivity contribution in [1.29, 1.82) is 0 Å². The summed E-state index contributed by atoms with van der Waals surface area (Å²) in [5, 5.41) is 2.84. The Kier molecular flexibility index (Phi) is 6.30. The highest BCUT2D eigenvalue weighted by Crippen LogP contribution is 2.29. The van der Waals surface area contributed by atoms with Gasteiger partial charge in [0, 0.05) is 0 Å². The summed E-state index contributed by atoms with van der Waals surface area (Å²) in [4.78, 5) is 12.1. The van der Waals surface area contributed by atoms with E-state index in [-0.39, 0.29) is 5.91 Å². The van der Waals surface area contributed by atoms with Crippen LogP contribution in [0.15, 0.2) is 54.6 Å². The van der Waals surface area contributed by atoms with E-state index in [0.717, 1.165) is 11.5 Å². The number of carbonyl (C=O) groups excluding carboxylic acids is 1. The quantitative estimate of drug-likeness (QED) is 0.820. The second-order valence-corrected chi connectivity index (χ2v) is 5.77. The van der Waals surface area contributed by atoms with Gasteiger partial charge < -0.3 is 15.8 Å². The van der Waals surface area contributed by atoms with Gasteiger partial charge >= 0.3 is 0 Å². The van der Waals surface area contributed by atoms with E-state index in [4.69, 9.17) is 10.5 Å². The molecule has 0 fully saturated rings. The number of ether oxygens (including phenoxy) is 1. The minimum Gasteiger partial charge on any atom is -0.455 e. The Labute approximate surface area is 135 Å². The highest BCUT2D eigenvalue weighted by atomic mass is 32.2. The molecule has 1 amide bonds. The second-order valence-electron chi connectivity index (χ2n) is 4.79. The molecule has 4 nitrogen and oxygen atoms in total. The molecule has 0 saturated carbocycles. The van der Waals surface area contributed by atoms with Crippen molar-refractivity contribution in [1.82, 2.24) is 0 Å². The van der Waals surface area contributed by atoms with Crippen molar-refractivity contribution in [3.05, 3.63) is 54.6 Å². The first-order valence-corrected chi connectivity index (χ1v) is 8.47. The third-order valence-corrected chi connectivity index (χ3v) is 3.73. The van der Waals surface area contributed by atoms with Crippen LogP contribution >= 0.6 is 11.8 Å². The van der Waals surface area contributed by atoms with Crippen LogP contribution in [0.4, 0.5) is 5.69 Å². The maximum absolute atomic E-state index is 12.1. The number of anilines is 1. The Hall–Kier alpha value is -1.98. The first-order chi connectivity index (χ1) is 10.7. The van der Waals surface area contributed by atoms with Gasteiger partial charge in [0.25, 0.3) is 0 Å². The Morgan fingerprint density at radius 3 is 2.59 bits per heavy atom. The van der Waals surface area contributed by atoms with Crippen LogP contribution in [0.3, 0.4) is 0 Å². The molecule has 1 atom stereocenters. The topological polar surface area (TPSA) is 64.4 Å². The van der Waals surface area contributed by atoms with Crippen LogP contribution in [0.5, 0.6) is 11.5 Å². The molecule has 0 aromatic heterocycles. The highest BCUT2D eigenvalue weighted by Gasteiger charge is 2.15. The van der Waals surface area contributed by atoms with Crippen molar-refractivity contribution in [2.24, 2.45) is 5.73 Å². The van der Waals surface area contributed by atoms with Gasteiger partial charge in [-0.3, -0.25) is 4.79 Å². The third-order valence-electron chi connectivity index (χ3n) is 3.09. The minimum atomic E-state index is -0.516. The number of amides is 1. The summed E-state index contributed by atoms with van der Waals surface area (Å²) in [7, 11) is 0. The Bertz CT molecular complexity index is 605. The SMILES string of the molecule is CSCC[C@H](N)C(=O)Nc1ccccc1Oc1ccccc1. The van der Waals surface area contributed by atoms with Gasteiger partial charge in [0.2, 0.25) is 5.91 Å². The van der Waals surface area contributed by atoms with E-state index in [9.17, 15) is 4.79 Å². The number of para-hydroxylation sites is 3. The Morgan fingerprint density at radius 1 is 1.18 bits per heavy atom. The summed E-state index contributed by atoms with van der Waals surface area (Å²) >= 11 is 1.67. The van der Waals surface area contributed by atoms with Crippen LogP contribution in [0.2, 0.25) is 0 Å². The fourth-order valence-corrected chi connectivity index (χ4v) is 2.37. The standard InChI is InChI=1S/C17H20N2O2S/c1-22-12-11-14(18)17(20)19-15-9-5-6-10-16(15)21-13-7-3-2-4-8-13/h2-10,14H,11-12,18H2,1H3,(H,19,20)/t14-/m0/s1. The lowest BCUT2D eigenvalue weighted by Crippen LogP contribution is -2.36. The van der Waals surface area contributed by atoms with Crippen LogP contribution < -0.4 is 15.8 Å². The normalized spacial score (nSPS) is 11.7. The zero-order valence-corrected chi connectivity index (χ0v) is 13.3. The number of hydrogen-bond acceptors (Lipinski definition) is 4. The van der Waals surface area contributed by atoms with Crippen molar-refractivity contribution in [2.45, 2.75) is 12.5 Å². The summed E-state index contributed by atoms with van der Waals surface area (Å²) in [5.41, 5.74) is 6.51. The number of benzene rings is 2. The van der Waals surface area contributed by atoms with E-state index in [1.54, 1.807) is 17.8 Å². The van der Waals surface area contributed by atoms with Crippen molar-refractivity contribution in [3.8, 4) is 11.5 Å². The van der Waals surface area contributed by atoms with Gasteiger partial charge in [-0.05, 0) is 42.7 Å². The lowest BCUT2D eigenvalue weighted by molar-refractivity contribution is -0.117. The van der Waals surface area contributed by atoms with Crippen molar-refractivity contribution < 1.29 is 9.53 Å². The molecule has 5 heteroatoms. The molecule has 116 valence electrons. The summed E-state index contributed by atoms with van der Waals surface area (Å²) < 4.78 is 5.81. The van der Waals surface area contributed by atoms with E-state index >= 15 is 0 Å². The number of carbonyl (C=O) groups is 1. The molecule has 2 aromatic carbocycles. The van der Waals surface area contributed by atoms with Crippen molar-refractivity contribution >= 4 is 23.4 Å². The van der Waals surface area contributed by atoms with Gasteiger partial charge in [-0.1, -0.05) is 30.3 Å². The van der Waals surface area contributed by atoms with Gasteiger partial charge in [0.1, 0.15) is 5.75 Å². The third kappa shape index (κ3) is 4.79. The second kappa shape index (κ2) is 8.46. The molecule has 3 N–H and O–H groups in total. The van der Waals surface area contributed by atoms with E-state index in [1.165, 1.54) is 0 Å². The lowest BCUT2D eigenvalue weighted by atomic mass is 10.2. The fraction of sp³-hybridized carbons (Fsp3) is 0.235. The monoisotopic (exact) mass is 316 g/mol. The smallest absolute Gasteiger partial charge is 0.241 e. The van der Waals surface area contributed by atoms with Crippen LogP contribution in [0.25, 0.3) is 0 Å². The molecule has 0 aliphatic heterocycles. The zero-order valence-electron chi connectivity index (χ0n) is 12.5. The average Bonchev–Trinajstić information content (AvgIpc) is 2.55. The van der Waals surface area contributed by atoms with Gasteiger partial charge in [-0.15, -0.1) is 0 Å². The summed E-state index contributed by atoms with van der Waals surface area (Å²) in [6.45, 7) is 0. The molecule has 2 aromatic rings. The van der Waals surface area contributed by atoms with Gasteiger partial charge in [0.05, 0.1) is 11.7 Å². The molecule has 2 rings (SSSR count). The van der Waals surface area contributed by atoms with Gasteiger partial charge in [-0.2, -0.15) is 11.8 Å². The van der Waals surface area contributed by atoms with E-state index < -0.39 is 6.04 Å². The number of rotatable bonds is 7. The molecule has 0 spiro atoms. The maximum atomic E-state index is 12.1. The predicted octanol–water partition coefficient (Wildman–Crippen LogP) is 3.50. The lowest BCUT2D eigenvalue weighted by Gasteiger charge is -2.15. The summed E-state index contributed by atoms with van der Waals surface area (Å²) in [5.74, 6) is 1.98. The predicted molar refractivity (Wildman–Crippen MR) is 92.6 cm³/mol. The van der Waals surface area contributed by atoms with Crippen molar-refractivity contribution in [2.75, 3.05) is 17.3 Å². The van der Waals surface area contributed by atoms with Crippen molar-refractivity contribution in [3.63, 3.8) is 0 Å². The molecule has 0 heterocycles. The largest absolute Gasteiger partial charge is 0.455 e. The molecule has 0 aliphatic rings. The summed E-state index contributed by atoms with van der Waals surface area (Å²) in [6.07, 6.45) is 2.64. The number of thioether (sulfide) groups is 1. The number of nitrogens with two attached hydrogens (primary N) is 1. The van der Waals surface area contributed by atoms with E-state index in [1.807, 2.05) is 54.8 Å². The molecule has 0 unspecified atom stereocenters. The van der Waals surface area contributed by atoms with Crippen LogP contribution in [0.1, 0.15) is 6.42 Å². The summed E-state index contributed by atoms with van der Waals surface area (Å²) in [6, 6.07) is 16.3. The van der Waals surface area contributed by atoms with Crippen LogP contribution in [-0.2, 0) is 4.79 Å². The van der Waals surface area contributed by atoms with Crippen LogP contribution in [0, 0.1) is 0 Å². The van der Waals surface area contributed by atoms with Gasteiger partial charge in [0.15, 0.2) is 5.75 Å². The molecular weight excluding hydrogens is 296 g/mol. The van der Waals surface area contributed by atoms with Crippen LogP contribution in [-0.4, -0.2) is 24.0 Å². The Balaban J connectivity index is 2.06. The van der Waals surface area contributed by atoms with Gasteiger partial charge in [-0.25, -0.2) is 0 Å². The molecule has 0 saturated heterocycles. The van der Waals surface area contributed by atoms with E-state index in [0.29, 0.717) is 17.9 Å². The number of nitrogens with one attached hydrogen (secondary N) is 1. The molecular formula is C17H20N2O2S. The number of hydrogen-bond donors (Lipinski definition) is 2. The highest BCUT2D eigenvalue weighted by molar-refractivity contribution is 7.98. The molecule has 0 radical (unpaired) electrons. The van der Waals surface area contributed by atoms with E-state index in [2.05, 4.69) is 5.32 Å². The molecule has 0 bridgehead atoms.